The minimum absolute atomic E-state index is 0.338. The summed E-state index contributed by atoms with van der Waals surface area (Å²) in [4.78, 5) is 0. The topological polar surface area (TPSA) is 90.2 Å². The van der Waals surface area contributed by atoms with Crippen molar-refractivity contribution in [2.45, 2.75) is 37.1 Å². The molecule has 1 aliphatic rings. The van der Waals surface area contributed by atoms with E-state index in [-0.39, 0.29) is 0 Å². The molecule has 1 heterocycles. The van der Waals surface area contributed by atoms with Gasteiger partial charge in [0.1, 0.15) is 18.3 Å². The maximum atomic E-state index is 10.3. The van der Waals surface area contributed by atoms with E-state index in [2.05, 4.69) is 0 Å². The summed E-state index contributed by atoms with van der Waals surface area (Å²) in [5.41, 5.74) is 0.338. The van der Waals surface area contributed by atoms with E-state index in [9.17, 15) is 20.4 Å². The smallest absolute Gasteiger partial charge is 0.222 e. The molecule has 5 heteroatoms. The van der Waals surface area contributed by atoms with E-state index < -0.39 is 30.2 Å². The van der Waals surface area contributed by atoms with E-state index in [0.29, 0.717) is 5.56 Å². The quantitative estimate of drug-likeness (QED) is 0.523. The summed E-state index contributed by atoms with van der Waals surface area (Å²) in [5, 5.41) is 39.4. The highest BCUT2D eigenvalue weighted by atomic mass is 16.7. The SMILES string of the molecule is C[C@H]1O[C@@](O)(c2ccccc2)[C@H](O)[C@@H](O)[C@H]1O. The van der Waals surface area contributed by atoms with Crippen molar-refractivity contribution in [1.82, 2.24) is 0 Å². The van der Waals surface area contributed by atoms with Crippen LogP contribution in [0.4, 0.5) is 0 Å². The van der Waals surface area contributed by atoms with E-state index in [1.54, 1.807) is 30.3 Å². The average molecular weight is 240 g/mol. The molecule has 0 unspecified atom stereocenters. The lowest BCUT2D eigenvalue weighted by molar-refractivity contribution is -0.351. The first-order chi connectivity index (χ1) is 7.97. The zero-order chi connectivity index (χ0) is 12.6. The second kappa shape index (κ2) is 4.36. The van der Waals surface area contributed by atoms with Crippen LogP contribution in [0.25, 0.3) is 0 Å². The molecule has 94 valence electrons. The summed E-state index contributed by atoms with van der Waals surface area (Å²) in [7, 11) is 0. The number of rotatable bonds is 1. The Morgan fingerprint density at radius 1 is 1.06 bits per heavy atom. The molecule has 0 spiro atoms. The van der Waals surface area contributed by atoms with Crippen molar-refractivity contribution in [1.29, 1.82) is 0 Å². The van der Waals surface area contributed by atoms with Crippen molar-refractivity contribution in [3.05, 3.63) is 35.9 Å². The summed E-state index contributed by atoms with van der Waals surface area (Å²) in [6.07, 6.45) is -5.06. The van der Waals surface area contributed by atoms with Gasteiger partial charge < -0.3 is 25.2 Å². The molecule has 1 aliphatic heterocycles. The normalized spacial score (nSPS) is 42.4. The van der Waals surface area contributed by atoms with Crippen molar-refractivity contribution < 1.29 is 25.2 Å². The van der Waals surface area contributed by atoms with Gasteiger partial charge in [0.25, 0.3) is 0 Å². The molecule has 0 radical (unpaired) electrons. The fourth-order valence-electron chi connectivity index (χ4n) is 2.03. The molecule has 17 heavy (non-hydrogen) atoms. The highest BCUT2D eigenvalue weighted by Crippen LogP contribution is 2.35. The number of hydrogen-bond acceptors (Lipinski definition) is 5. The summed E-state index contributed by atoms with van der Waals surface area (Å²) in [6.45, 7) is 1.52. The fourth-order valence-corrected chi connectivity index (χ4v) is 2.03. The molecule has 1 aromatic rings. The molecule has 2 rings (SSSR count). The van der Waals surface area contributed by atoms with Crippen LogP contribution in [0.2, 0.25) is 0 Å². The molecular formula is C12H16O5. The van der Waals surface area contributed by atoms with E-state index >= 15 is 0 Å². The summed E-state index contributed by atoms with van der Waals surface area (Å²) < 4.78 is 5.25. The highest BCUT2D eigenvalue weighted by molar-refractivity contribution is 5.23. The minimum Gasteiger partial charge on any atom is -0.388 e. The van der Waals surface area contributed by atoms with Gasteiger partial charge in [-0.2, -0.15) is 0 Å². The third-order valence-electron chi connectivity index (χ3n) is 3.11. The Kier molecular flexibility index (Phi) is 3.20. The van der Waals surface area contributed by atoms with Gasteiger partial charge in [0.05, 0.1) is 6.10 Å². The molecule has 0 saturated carbocycles. The van der Waals surface area contributed by atoms with Gasteiger partial charge in [0.2, 0.25) is 5.79 Å². The maximum Gasteiger partial charge on any atom is 0.222 e. The van der Waals surface area contributed by atoms with Crippen LogP contribution in [0.15, 0.2) is 30.3 Å². The monoisotopic (exact) mass is 240 g/mol. The fraction of sp³-hybridized carbons (Fsp3) is 0.500. The second-order valence-electron chi connectivity index (χ2n) is 4.31. The first-order valence-corrected chi connectivity index (χ1v) is 5.46. The molecule has 0 aromatic heterocycles. The minimum atomic E-state index is -2.00. The van der Waals surface area contributed by atoms with Crippen LogP contribution in [0.1, 0.15) is 12.5 Å². The van der Waals surface area contributed by atoms with E-state index in [4.69, 9.17) is 4.74 Å². The number of ether oxygens (including phenoxy) is 1. The van der Waals surface area contributed by atoms with Gasteiger partial charge in [-0.3, -0.25) is 0 Å². The largest absolute Gasteiger partial charge is 0.388 e. The van der Waals surface area contributed by atoms with Crippen LogP contribution < -0.4 is 0 Å². The predicted octanol–water partition coefficient (Wildman–Crippen LogP) is -0.667. The van der Waals surface area contributed by atoms with Crippen molar-refractivity contribution in [2.24, 2.45) is 0 Å². The molecule has 4 N–H and O–H groups in total. The molecule has 5 atom stereocenters. The summed E-state index contributed by atoms with van der Waals surface area (Å²) in [5.74, 6) is -2.00. The zero-order valence-electron chi connectivity index (χ0n) is 9.39. The highest BCUT2D eigenvalue weighted by Gasteiger charge is 2.52. The van der Waals surface area contributed by atoms with Gasteiger partial charge in [0, 0.05) is 5.56 Å². The number of aliphatic hydroxyl groups is 4. The lowest BCUT2D eigenvalue weighted by Crippen LogP contribution is -2.62. The van der Waals surface area contributed by atoms with Crippen LogP contribution in [0.3, 0.4) is 0 Å². The number of aliphatic hydroxyl groups excluding tert-OH is 3. The second-order valence-corrected chi connectivity index (χ2v) is 4.31. The average Bonchev–Trinajstić information content (AvgIpc) is 2.35. The Morgan fingerprint density at radius 2 is 1.65 bits per heavy atom. The Balaban J connectivity index is 2.37. The number of hydrogen-bond donors (Lipinski definition) is 4. The molecule has 0 bridgehead atoms. The van der Waals surface area contributed by atoms with Gasteiger partial charge in [-0.15, -0.1) is 0 Å². The first-order valence-electron chi connectivity index (χ1n) is 5.46. The van der Waals surface area contributed by atoms with E-state index in [1.807, 2.05) is 0 Å². The molecule has 0 amide bonds. The lowest BCUT2D eigenvalue weighted by atomic mass is 9.88. The number of benzene rings is 1. The Bertz CT molecular complexity index is 382. The Labute approximate surface area is 98.9 Å². The zero-order valence-corrected chi connectivity index (χ0v) is 9.39. The Hall–Kier alpha value is -0.980. The molecule has 1 aromatic carbocycles. The van der Waals surface area contributed by atoms with Gasteiger partial charge in [-0.1, -0.05) is 30.3 Å². The van der Waals surface area contributed by atoms with Crippen molar-refractivity contribution in [3.8, 4) is 0 Å². The van der Waals surface area contributed by atoms with Crippen LogP contribution in [0, 0.1) is 0 Å². The summed E-state index contributed by atoms with van der Waals surface area (Å²) in [6, 6.07) is 8.30. The van der Waals surface area contributed by atoms with Gasteiger partial charge >= 0.3 is 0 Å². The third kappa shape index (κ3) is 1.96. The van der Waals surface area contributed by atoms with Crippen LogP contribution in [-0.2, 0) is 10.5 Å². The molecule has 1 fully saturated rings. The van der Waals surface area contributed by atoms with Gasteiger partial charge in [-0.05, 0) is 6.92 Å². The Morgan fingerprint density at radius 3 is 2.24 bits per heavy atom. The standard InChI is InChI=1S/C12H16O5/c1-7-9(13)10(14)11(15)12(16,17-7)8-5-3-2-4-6-8/h2-7,9-11,13-16H,1H3/t7-,9+,10+,11-,12+/m1/s1. The maximum absolute atomic E-state index is 10.3. The van der Waals surface area contributed by atoms with E-state index in [1.165, 1.54) is 6.92 Å². The molecule has 0 aliphatic carbocycles. The lowest BCUT2D eigenvalue weighted by Gasteiger charge is -2.45. The third-order valence-corrected chi connectivity index (χ3v) is 3.11. The van der Waals surface area contributed by atoms with Crippen molar-refractivity contribution in [3.63, 3.8) is 0 Å². The van der Waals surface area contributed by atoms with Gasteiger partial charge in [0.15, 0.2) is 0 Å². The molecule has 5 nitrogen and oxygen atoms in total. The molecule has 1 saturated heterocycles. The predicted molar refractivity (Wildman–Crippen MR) is 58.9 cm³/mol. The van der Waals surface area contributed by atoms with Crippen LogP contribution >= 0.6 is 0 Å². The van der Waals surface area contributed by atoms with Gasteiger partial charge in [-0.25, -0.2) is 0 Å². The molecular weight excluding hydrogens is 224 g/mol. The summed E-state index contributed by atoms with van der Waals surface area (Å²) >= 11 is 0. The first kappa shape index (κ1) is 12.5. The van der Waals surface area contributed by atoms with Crippen molar-refractivity contribution >= 4 is 0 Å². The van der Waals surface area contributed by atoms with Crippen LogP contribution in [0.5, 0.6) is 0 Å². The van der Waals surface area contributed by atoms with Crippen LogP contribution in [-0.4, -0.2) is 44.8 Å². The van der Waals surface area contributed by atoms with E-state index in [0.717, 1.165) is 0 Å². The van der Waals surface area contributed by atoms with Crippen molar-refractivity contribution in [2.75, 3.05) is 0 Å².